The van der Waals surface area contributed by atoms with E-state index < -0.39 is 0 Å². The number of aliphatic imine (C=N–C) groups is 1. The zero-order chi connectivity index (χ0) is 19.1. The minimum absolute atomic E-state index is 0. The van der Waals surface area contributed by atoms with Gasteiger partial charge in [0.1, 0.15) is 18.2 Å². The molecule has 156 valence electrons. The molecule has 0 saturated carbocycles. The first kappa shape index (κ1) is 22.6. The Bertz CT molecular complexity index is 753. The summed E-state index contributed by atoms with van der Waals surface area (Å²) in [6, 6.07) is 1.98. The second-order valence-corrected chi connectivity index (χ2v) is 7.24. The number of hydrogen-bond donors (Lipinski definition) is 2. The minimum atomic E-state index is 0. The van der Waals surface area contributed by atoms with E-state index in [9.17, 15) is 0 Å². The Hall–Kier alpha value is -1.65. The fraction of sp³-hybridized carbons (Fsp3) is 0.684. The van der Waals surface area contributed by atoms with Crippen molar-refractivity contribution in [1.29, 1.82) is 0 Å². The molecule has 2 N–H and O–H groups in total. The highest BCUT2D eigenvalue weighted by Gasteiger charge is 2.14. The molecule has 0 saturated heterocycles. The van der Waals surface area contributed by atoms with Crippen LogP contribution in [-0.4, -0.2) is 39.0 Å². The van der Waals surface area contributed by atoms with Crippen molar-refractivity contribution in [2.75, 3.05) is 13.1 Å². The van der Waals surface area contributed by atoms with Gasteiger partial charge < -0.3 is 19.7 Å². The molecule has 3 rings (SSSR count). The highest BCUT2D eigenvalue weighted by molar-refractivity contribution is 14.0. The lowest BCUT2D eigenvalue weighted by Crippen LogP contribution is -2.38. The molecule has 0 radical (unpaired) electrons. The van der Waals surface area contributed by atoms with Gasteiger partial charge in [0.15, 0.2) is 11.7 Å². The summed E-state index contributed by atoms with van der Waals surface area (Å²) in [5, 5.41) is 19.5. The van der Waals surface area contributed by atoms with Gasteiger partial charge in [0, 0.05) is 38.5 Å². The first-order valence-electron chi connectivity index (χ1n) is 10.1. The molecule has 0 spiro atoms. The summed E-state index contributed by atoms with van der Waals surface area (Å²) in [7, 11) is 0. The summed E-state index contributed by atoms with van der Waals surface area (Å²) in [5.74, 6) is 4.10. The van der Waals surface area contributed by atoms with Crippen molar-refractivity contribution in [3.8, 4) is 0 Å². The zero-order valence-corrected chi connectivity index (χ0v) is 19.4. The molecule has 0 bridgehead atoms. The van der Waals surface area contributed by atoms with Crippen LogP contribution in [0.4, 0.5) is 0 Å². The van der Waals surface area contributed by atoms with Gasteiger partial charge in [-0.2, -0.15) is 0 Å². The molecule has 2 aromatic heterocycles. The molecule has 0 unspecified atom stereocenters. The summed E-state index contributed by atoms with van der Waals surface area (Å²) in [5.41, 5.74) is 0.964. The van der Waals surface area contributed by atoms with E-state index in [0.29, 0.717) is 12.5 Å². The number of nitrogens with zero attached hydrogens (tertiary/aromatic N) is 5. The van der Waals surface area contributed by atoms with Gasteiger partial charge in [0.2, 0.25) is 0 Å². The fourth-order valence-electron chi connectivity index (χ4n) is 3.20. The van der Waals surface area contributed by atoms with Crippen molar-refractivity contribution < 1.29 is 4.52 Å². The Morgan fingerprint density at radius 3 is 2.86 bits per heavy atom. The molecule has 0 amide bonds. The van der Waals surface area contributed by atoms with Crippen LogP contribution in [0.2, 0.25) is 0 Å². The van der Waals surface area contributed by atoms with Crippen molar-refractivity contribution in [3.63, 3.8) is 0 Å². The number of aromatic nitrogens is 4. The van der Waals surface area contributed by atoms with E-state index in [2.05, 4.69) is 56.3 Å². The molecule has 2 aromatic rings. The molecule has 9 heteroatoms. The predicted octanol–water partition coefficient (Wildman–Crippen LogP) is 3.03. The van der Waals surface area contributed by atoms with E-state index in [4.69, 9.17) is 4.52 Å². The quantitative estimate of drug-likeness (QED) is 0.344. The van der Waals surface area contributed by atoms with Crippen LogP contribution in [0.3, 0.4) is 0 Å². The SMILES string of the molecule is CCNC(=NCc1cc(C(C)C)no1)NCCc1nnc2n1CCCCC2.I. The summed E-state index contributed by atoms with van der Waals surface area (Å²) >= 11 is 0. The van der Waals surface area contributed by atoms with Crippen molar-refractivity contribution in [2.45, 2.75) is 71.9 Å². The summed E-state index contributed by atoms with van der Waals surface area (Å²) < 4.78 is 7.65. The normalized spacial score (nSPS) is 14.4. The van der Waals surface area contributed by atoms with E-state index in [1.54, 1.807) is 0 Å². The van der Waals surface area contributed by atoms with Crippen LogP contribution in [0.1, 0.15) is 69.1 Å². The van der Waals surface area contributed by atoms with Crippen LogP contribution >= 0.6 is 24.0 Å². The van der Waals surface area contributed by atoms with Gasteiger partial charge in [-0.1, -0.05) is 25.4 Å². The minimum Gasteiger partial charge on any atom is -0.359 e. The van der Waals surface area contributed by atoms with Crippen LogP contribution in [0, 0.1) is 0 Å². The van der Waals surface area contributed by atoms with Gasteiger partial charge in [-0.05, 0) is 25.7 Å². The lowest BCUT2D eigenvalue weighted by molar-refractivity contribution is 0.376. The van der Waals surface area contributed by atoms with Crippen LogP contribution < -0.4 is 10.6 Å². The molecule has 0 fully saturated rings. The standard InChI is InChI=1S/C19H31N7O.HI/c1-4-20-19(22-13-15-12-16(14(2)3)25-27-15)21-10-9-18-24-23-17-8-6-5-7-11-26(17)18;/h12,14H,4-11,13H2,1-3H3,(H2,20,21,22);1H. The number of aryl methyl sites for hydroxylation is 1. The highest BCUT2D eigenvalue weighted by atomic mass is 127. The molecule has 28 heavy (non-hydrogen) atoms. The molecular weight excluding hydrogens is 469 g/mol. The maximum atomic E-state index is 5.36. The van der Waals surface area contributed by atoms with E-state index in [-0.39, 0.29) is 24.0 Å². The van der Waals surface area contributed by atoms with Crippen LogP contribution in [0.25, 0.3) is 0 Å². The maximum Gasteiger partial charge on any atom is 0.191 e. The number of hydrogen-bond acceptors (Lipinski definition) is 5. The van der Waals surface area contributed by atoms with Gasteiger partial charge in [-0.15, -0.1) is 34.2 Å². The monoisotopic (exact) mass is 501 g/mol. The molecule has 1 aliphatic heterocycles. The topological polar surface area (TPSA) is 93.2 Å². The first-order chi connectivity index (χ1) is 13.2. The van der Waals surface area contributed by atoms with Gasteiger partial charge >= 0.3 is 0 Å². The summed E-state index contributed by atoms with van der Waals surface area (Å²) in [4.78, 5) is 4.60. The Morgan fingerprint density at radius 1 is 1.25 bits per heavy atom. The van der Waals surface area contributed by atoms with E-state index >= 15 is 0 Å². The van der Waals surface area contributed by atoms with Crippen LogP contribution in [-0.2, 0) is 25.9 Å². The number of rotatable bonds is 7. The number of guanidine groups is 1. The molecular formula is C19H32IN7O. The van der Waals surface area contributed by atoms with Crippen molar-refractivity contribution in [2.24, 2.45) is 4.99 Å². The van der Waals surface area contributed by atoms with Crippen molar-refractivity contribution in [3.05, 3.63) is 29.2 Å². The third kappa shape index (κ3) is 6.18. The van der Waals surface area contributed by atoms with Crippen molar-refractivity contribution in [1.82, 2.24) is 30.6 Å². The zero-order valence-electron chi connectivity index (χ0n) is 17.1. The lowest BCUT2D eigenvalue weighted by Gasteiger charge is -2.11. The Labute approximate surface area is 184 Å². The number of nitrogens with one attached hydrogen (secondary N) is 2. The average Bonchev–Trinajstić information content (AvgIpc) is 3.21. The van der Waals surface area contributed by atoms with E-state index in [1.807, 2.05) is 6.07 Å². The van der Waals surface area contributed by atoms with Crippen LogP contribution in [0.15, 0.2) is 15.6 Å². The van der Waals surface area contributed by atoms with Gasteiger partial charge in [-0.3, -0.25) is 0 Å². The molecule has 1 aliphatic rings. The third-order valence-corrected chi connectivity index (χ3v) is 4.73. The highest BCUT2D eigenvalue weighted by Crippen LogP contribution is 2.15. The lowest BCUT2D eigenvalue weighted by atomic mass is 10.1. The van der Waals surface area contributed by atoms with Gasteiger partial charge in [0.25, 0.3) is 0 Å². The molecule has 8 nitrogen and oxygen atoms in total. The Morgan fingerprint density at radius 2 is 2.11 bits per heavy atom. The molecule has 3 heterocycles. The molecule has 0 atom stereocenters. The first-order valence-corrected chi connectivity index (χ1v) is 10.1. The largest absolute Gasteiger partial charge is 0.359 e. The predicted molar refractivity (Wildman–Crippen MR) is 120 cm³/mol. The summed E-state index contributed by atoms with van der Waals surface area (Å²) in [6.45, 7) is 9.33. The molecule has 0 aromatic carbocycles. The van der Waals surface area contributed by atoms with E-state index in [0.717, 1.165) is 61.5 Å². The average molecular weight is 501 g/mol. The Kier molecular flexibility index (Phi) is 9.20. The van der Waals surface area contributed by atoms with Crippen LogP contribution in [0.5, 0.6) is 0 Å². The second-order valence-electron chi connectivity index (χ2n) is 7.24. The Balaban J connectivity index is 0.00000280. The second kappa shape index (κ2) is 11.4. The van der Waals surface area contributed by atoms with E-state index in [1.165, 1.54) is 19.3 Å². The van der Waals surface area contributed by atoms with Crippen molar-refractivity contribution >= 4 is 29.9 Å². The van der Waals surface area contributed by atoms with Gasteiger partial charge in [0.05, 0.1) is 5.69 Å². The van der Waals surface area contributed by atoms with Gasteiger partial charge in [-0.25, -0.2) is 4.99 Å². The number of fused-ring (bicyclic) bond motifs is 1. The fourth-order valence-corrected chi connectivity index (χ4v) is 3.20. The summed E-state index contributed by atoms with van der Waals surface area (Å²) in [6.07, 6.45) is 5.58. The third-order valence-electron chi connectivity index (χ3n) is 4.73. The number of halogens is 1. The molecule has 0 aliphatic carbocycles. The smallest absolute Gasteiger partial charge is 0.191 e. The maximum absolute atomic E-state index is 5.36.